The lowest BCUT2D eigenvalue weighted by atomic mass is 10.1. The van der Waals surface area contributed by atoms with E-state index in [1.165, 1.54) is 0 Å². The number of aryl methyl sites for hydroxylation is 1. The van der Waals surface area contributed by atoms with E-state index in [0.717, 1.165) is 16.8 Å². The molecule has 70 valence electrons. The number of hydrogen-bond donors (Lipinski definition) is 0. The number of pyridine rings is 2. The Morgan fingerprint density at radius 3 is 2.79 bits per heavy atom. The molecule has 0 spiro atoms. The largest absolute Gasteiger partial charge is 0.264 e. The highest BCUT2D eigenvalue weighted by Crippen LogP contribution is 2.20. The van der Waals surface area contributed by atoms with Crippen LogP contribution < -0.4 is 0 Å². The first-order chi connectivity index (χ1) is 6.77. The third kappa shape index (κ3) is 1.75. The molecule has 2 heterocycles. The normalized spacial score (nSPS) is 10.1. The molecule has 0 aromatic carbocycles. The van der Waals surface area contributed by atoms with Crippen LogP contribution >= 0.6 is 11.6 Å². The van der Waals surface area contributed by atoms with E-state index < -0.39 is 0 Å². The Bertz CT molecular complexity index is 455. The maximum absolute atomic E-state index is 5.82. The van der Waals surface area contributed by atoms with Crippen LogP contribution in [0.5, 0.6) is 0 Å². The number of halogens is 1. The topological polar surface area (TPSA) is 25.8 Å². The highest BCUT2D eigenvalue weighted by molar-refractivity contribution is 6.29. The Morgan fingerprint density at radius 1 is 1.21 bits per heavy atom. The Kier molecular flexibility index (Phi) is 2.46. The van der Waals surface area contributed by atoms with Crippen molar-refractivity contribution >= 4 is 11.6 Å². The minimum atomic E-state index is 0.505. The van der Waals surface area contributed by atoms with Crippen molar-refractivity contribution in [2.24, 2.45) is 0 Å². The molecule has 3 heteroatoms. The zero-order chi connectivity index (χ0) is 9.97. The molecule has 0 saturated heterocycles. The Morgan fingerprint density at radius 2 is 2.07 bits per heavy atom. The average molecular weight is 205 g/mol. The van der Waals surface area contributed by atoms with Gasteiger partial charge in [-0.25, -0.2) is 4.98 Å². The van der Waals surface area contributed by atoms with Crippen molar-refractivity contribution in [3.05, 3.63) is 47.4 Å². The molecule has 2 aromatic heterocycles. The lowest BCUT2D eigenvalue weighted by Gasteiger charge is -2.03. The Labute approximate surface area is 87.6 Å². The number of nitrogens with zero attached hydrogens (tertiary/aromatic N) is 2. The maximum atomic E-state index is 5.82. The van der Waals surface area contributed by atoms with Gasteiger partial charge in [0.1, 0.15) is 5.15 Å². The highest BCUT2D eigenvalue weighted by Gasteiger charge is 2.02. The third-order valence-corrected chi connectivity index (χ3v) is 2.24. The molecule has 2 rings (SSSR count). The molecule has 0 unspecified atom stereocenters. The summed E-state index contributed by atoms with van der Waals surface area (Å²) in [7, 11) is 0. The molecule has 2 nitrogen and oxygen atoms in total. The van der Waals surface area contributed by atoms with Gasteiger partial charge >= 0.3 is 0 Å². The van der Waals surface area contributed by atoms with Gasteiger partial charge in [-0.2, -0.15) is 0 Å². The van der Waals surface area contributed by atoms with E-state index in [1.54, 1.807) is 18.5 Å². The second-order valence-corrected chi connectivity index (χ2v) is 3.42. The van der Waals surface area contributed by atoms with Crippen LogP contribution in [0.25, 0.3) is 11.3 Å². The lowest BCUT2D eigenvalue weighted by molar-refractivity contribution is 1.25. The van der Waals surface area contributed by atoms with Gasteiger partial charge in [0.2, 0.25) is 0 Å². The molecule has 0 saturated carbocycles. The van der Waals surface area contributed by atoms with Gasteiger partial charge in [0.25, 0.3) is 0 Å². The summed E-state index contributed by atoms with van der Waals surface area (Å²) in [5.41, 5.74) is 3.04. The first kappa shape index (κ1) is 9.16. The summed E-state index contributed by atoms with van der Waals surface area (Å²) in [6, 6.07) is 7.53. The quantitative estimate of drug-likeness (QED) is 0.667. The zero-order valence-corrected chi connectivity index (χ0v) is 8.49. The molecular weight excluding hydrogens is 196 g/mol. The van der Waals surface area contributed by atoms with Crippen LogP contribution in [0.4, 0.5) is 0 Å². The van der Waals surface area contributed by atoms with Crippen LogP contribution in [0.2, 0.25) is 5.15 Å². The van der Waals surface area contributed by atoms with Crippen LogP contribution in [0.15, 0.2) is 36.7 Å². The van der Waals surface area contributed by atoms with Gasteiger partial charge in [-0.3, -0.25) is 4.98 Å². The lowest BCUT2D eigenvalue weighted by Crippen LogP contribution is -1.87. The Hall–Kier alpha value is -1.41. The second-order valence-electron chi connectivity index (χ2n) is 3.04. The van der Waals surface area contributed by atoms with Crippen LogP contribution in [-0.4, -0.2) is 9.97 Å². The summed E-state index contributed by atoms with van der Waals surface area (Å²) >= 11 is 5.82. The van der Waals surface area contributed by atoms with E-state index in [1.807, 2.05) is 25.1 Å². The fraction of sp³-hybridized carbons (Fsp3) is 0.0909. The fourth-order valence-electron chi connectivity index (χ4n) is 1.29. The predicted molar refractivity (Wildman–Crippen MR) is 57.2 cm³/mol. The minimum Gasteiger partial charge on any atom is -0.264 e. The first-order valence-electron chi connectivity index (χ1n) is 4.31. The van der Waals surface area contributed by atoms with Crippen LogP contribution in [0, 0.1) is 6.92 Å². The minimum absolute atomic E-state index is 0.505. The summed E-state index contributed by atoms with van der Waals surface area (Å²) in [4.78, 5) is 8.30. The van der Waals surface area contributed by atoms with Gasteiger partial charge in [0.15, 0.2) is 0 Å². The van der Waals surface area contributed by atoms with Gasteiger partial charge < -0.3 is 0 Å². The van der Waals surface area contributed by atoms with E-state index >= 15 is 0 Å². The monoisotopic (exact) mass is 204 g/mol. The van der Waals surface area contributed by atoms with E-state index in [4.69, 9.17) is 11.6 Å². The second kappa shape index (κ2) is 3.76. The average Bonchev–Trinajstić information content (AvgIpc) is 2.18. The number of aromatic nitrogens is 2. The van der Waals surface area contributed by atoms with Crippen molar-refractivity contribution in [3.63, 3.8) is 0 Å². The van der Waals surface area contributed by atoms with Gasteiger partial charge in [0.05, 0.1) is 5.69 Å². The predicted octanol–water partition coefficient (Wildman–Crippen LogP) is 3.11. The SMILES string of the molecule is Cc1ccncc1-c1cccc(Cl)n1. The molecular formula is C11H9ClN2. The highest BCUT2D eigenvalue weighted by atomic mass is 35.5. The number of rotatable bonds is 1. The van der Waals surface area contributed by atoms with Gasteiger partial charge in [-0.15, -0.1) is 0 Å². The molecule has 0 atom stereocenters. The van der Waals surface area contributed by atoms with Gasteiger partial charge in [-0.05, 0) is 30.7 Å². The molecule has 0 bridgehead atoms. The summed E-state index contributed by atoms with van der Waals surface area (Å²) in [6.07, 6.45) is 3.57. The molecule has 0 aliphatic rings. The van der Waals surface area contributed by atoms with Crippen molar-refractivity contribution in [2.45, 2.75) is 6.92 Å². The Balaban J connectivity index is 2.55. The van der Waals surface area contributed by atoms with Crippen LogP contribution in [0.1, 0.15) is 5.56 Å². The summed E-state index contributed by atoms with van der Waals surface area (Å²) < 4.78 is 0. The summed E-state index contributed by atoms with van der Waals surface area (Å²) in [6.45, 7) is 2.03. The van der Waals surface area contributed by atoms with Crippen molar-refractivity contribution in [1.82, 2.24) is 9.97 Å². The summed E-state index contributed by atoms with van der Waals surface area (Å²) in [5.74, 6) is 0. The molecule has 14 heavy (non-hydrogen) atoms. The van der Waals surface area contributed by atoms with E-state index in [2.05, 4.69) is 9.97 Å². The van der Waals surface area contributed by atoms with Crippen molar-refractivity contribution in [3.8, 4) is 11.3 Å². The maximum Gasteiger partial charge on any atom is 0.129 e. The van der Waals surface area contributed by atoms with Crippen molar-refractivity contribution < 1.29 is 0 Å². The third-order valence-electron chi connectivity index (χ3n) is 2.03. The standard InChI is InChI=1S/C11H9ClN2/c1-8-5-6-13-7-9(8)10-3-2-4-11(12)14-10/h2-7H,1H3. The van der Waals surface area contributed by atoms with Crippen LogP contribution in [0.3, 0.4) is 0 Å². The van der Waals surface area contributed by atoms with Crippen molar-refractivity contribution in [2.75, 3.05) is 0 Å². The van der Waals surface area contributed by atoms with Gasteiger partial charge in [0, 0.05) is 18.0 Å². The van der Waals surface area contributed by atoms with E-state index in [9.17, 15) is 0 Å². The molecule has 0 radical (unpaired) electrons. The summed E-state index contributed by atoms with van der Waals surface area (Å²) in [5, 5.41) is 0.505. The molecule has 0 N–H and O–H groups in total. The molecule has 0 fully saturated rings. The van der Waals surface area contributed by atoms with E-state index in [0.29, 0.717) is 5.15 Å². The van der Waals surface area contributed by atoms with Crippen molar-refractivity contribution in [1.29, 1.82) is 0 Å². The van der Waals surface area contributed by atoms with E-state index in [-0.39, 0.29) is 0 Å². The molecule has 0 amide bonds. The zero-order valence-electron chi connectivity index (χ0n) is 7.74. The molecule has 0 aliphatic heterocycles. The number of hydrogen-bond acceptors (Lipinski definition) is 2. The van der Waals surface area contributed by atoms with Gasteiger partial charge in [-0.1, -0.05) is 17.7 Å². The first-order valence-corrected chi connectivity index (χ1v) is 4.69. The molecule has 0 aliphatic carbocycles. The van der Waals surface area contributed by atoms with Crippen LogP contribution in [-0.2, 0) is 0 Å². The smallest absolute Gasteiger partial charge is 0.129 e. The fourth-order valence-corrected chi connectivity index (χ4v) is 1.45. The molecule has 2 aromatic rings.